The van der Waals surface area contributed by atoms with Crippen molar-refractivity contribution in [1.82, 2.24) is 5.32 Å². The zero-order valence-electron chi connectivity index (χ0n) is 26.3. The van der Waals surface area contributed by atoms with E-state index in [2.05, 4.69) is 14.8 Å². The second-order valence-corrected chi connectivity index (χ2v) is 11.9. The van der Waals surface area contributed by atoms with E-state index in [0.29, 0.717) is 11.1 Å². The molecule has 9 nitrogen and oxygen atoms in total. The lowest BCUT2D eigenvalue weighted by Crippen LogP contribution is -2.54. The first-order chi connectivity index (χ1) is 22.1. The predicted octanol–water partition coefficient (Wildman–Crippen LogP) is 6.96. The van der Waals surface area contributed by atoms with Gasteiger partial charge in [-0.25, -0.2) is 17.6 Å². The minimum absolute atomic E-state index is 0. The highest BCUT2D eigenvalue weighted by molar-refractivity contribution is 5.85. The Hall–Kier alpha value is -3.55. The van der Waals surface area contributed by atoms with E-state index in [1.807, 2.05) is 0 Å². The molecule has 6 N–H and O–H groups in total. The zero-order valence-corrected chi connectivity index (χ0v) is 27.1. The number of aliphatic hydroxyl groups is 2. The topological polar surface area (TPSA) is 151 Å². The second kappa shape index (κ2) is 16.6. The van der Waals surface area contributed by atoms with Crippen LogP contribution in [0.3, 0.4) is 0 Å². The third-order valence-electron chi connectivity index (χ3n) is 6.91. The van der Waals surface area contributed by atoms with Crippen LogP contribution in [0.5, 0.6) is 11.5 Å². The van der Waals surface area contributed by atoms with Gasteiger partial charge in [-0.3, -0.25) is 9.59 Å². The fourth-order valence-electron chi connectivity index (χ4n) is 5.00. The van der Waals surface area contributed by atoms with E-state index in [4.69, 9.17) is 15.9 Å². The Bertz CT molecular complexity index is 1430. The molecule has 4 rings (SSSR count). The van der Waals surface area contributed by atoms with Gasteiger partial charge in [0.1, 0.15) is 11.5 Å². The number of halogens is 11. The summed E-state index contributed by atoms with van der Waals surface area (Å²) in [5, 5.41) is 29.5. The summed E-state index contributed by atoms with van der Waals surface area (Å²) in [5.74, 6) is -8.43. The number of carbonyl (C=O) groups is 2. The molecule has 0 unspecified atom stereocenters. The average Bonchev–Trinajstić information content (AvgIpc) is 2.84. The molecule has 0 heterocycles. The predicted molar refractivity (Wildman–Crippen MR) is 158 cm³/mol. The Balaban J connectivity index is 0.000000408. The number of carbonyl (C=O) groups excluding carboxylic acids is 1. The lowest BCUT2D eigenvalue weighted by molar-refractivity contribution is -0.275. The van der Waals surface area contributed by atoms with Crippen molar-refractivity contribution in [3.05, 3.63) is 59.7 Å². The SMILES string of the molecule is C[C@H](N)c1cccc(OC(F)(F)F)c1.C[C@H](NC(=O)CC1(O)CC(F)(F)C1)c1cccc(OC(F)(F)F)c1.Cl.O=C(O)CC1(O)CC(F)(F)C1. The Kier molecular flexibility index (Phi) is 14.8. The second-order valence-electron chi connectivity index (χ2n) is 11.9. The molecule has 284 valence electrons. The monoisotopic (exact) mass is 760 g/mol. The van der Waals surface area contributed by atoms with Crippen LogP contribution in [0, 0.1) is 0 Å². The quantitative estimate of drug-likeness (QED) is 0.172. The molecule has 2 saturated carbocycles. The fraction of sp³-hybridized carbons (Fsp3) is 0.533. The van der Waals surface area contributed by atoms with E-state index in [-0.39, 0.29) is 24.2 Å². The molecule has 0 bridgehead atoms. The van der Waals surface area contributed by atoms with Crippen molar-refractivity contribution in [3.8, 4) is 11.5 Å². The lowest BCUT2D eigenvalue weighted by Gasteiger charge is -2.42. The minimum Gasteiger partial charge on any atom is -0.481 e. The Morgan fingerprint density at radius 2 is 1.16 bits per heavy atom. The molecule has 0 aliphatic heterocycles. The van der Waals surface area contributed by atoms with Gasteiger partial charge >= 0.3 is 18.7 Å². The van der Waals surface area contributed by atoms with E-state index >= 15 is 0 Å². The molecule has 2 aromatic rings. The molecule has 0 aromatic heterocycles. The van der Waals surface area contributed by atoms with Crippen LogP contribution in [0.1, 0.15) is 75.6 Å². The van der Waals surface area contributed by atoms with Gasteiger partial charge in [0.15, 0.2) is 0 Å². The standard InChI is InChI=1S/C15H16F5NO3.C9H10F3NO.C6H8F2O3.ClH/c1-9(10-3-2-4-11(5-10)24-15(18,19)20)21-12(22)6-13(23)7-14(16,17)8-13;1-6(13)7-3-2-4-8(5-7)14-9(10,11)12;7-6(8)2-5(11,3-6)1-4(9)10;/h2-5,9,23H,6-8H2,1H3,(H,21,22);2-6H,13H2,1H3;11H,1-3H2,(H,9,10);1H/t9-;6-;;/m00../s1. The first kappa shape index (κ1) is 44.5. The molecule has 2 atom stereocenters. The van der Waals surface area contributed by atoms with Crippen LogP contribution in [-0.2, 0) is 9.59 Å². The van der Waals surface area contributed by atoms with Crippen LogP contribution in [0.2, 0.25) is 0 Å². The van der Waals surface area contributed by atoms with Crippen molar-refractivity contribution in [2.75, 3.05) is 0 Å². The van der Waals surface area contributed by atoms with Gasteiger partial charge in [0, 0.05) is 31.7 Å². The van der Waals surface area contributed by atoms with E-state index in [9.17, 15) is 58.6 Å². The number of hydrogen-bond acceptors (Lipinski definition) is 7. The molecule has 2 aliphatic carbocycles. The molecule has 0 spiro atoms. The van der Waals surface area contributed by atoms with Crippen molar-refractivity contribution >= 4 is 24.3 Å². The molecule has 0 saturated heterocycles. The van der Waals surface area contributed by atoms with Crippen molar-refractivity contribution < 1.29 is 78.3 Å². The molecule has 2 fully saturated rings. The summed E-state index contributed by atoms with van der Waals surface area (Å²) in [6.07, 6.45) is -13.6. The summed E-state index contributed by atoms with van der Waals surface area (Å²) >= 11 is 0. The highest BCUT2D eigenvalue weighted by Gasteiger charge is 2.57. The normalized spacial score (nSPS) is 19.1. The number of alkyl halides is 10. The third kappa shape index (κ3) is 16.0. The number of nitrogens with one attached hydrogen (secondary N) is 1. The van der Waals surface area contributed by atoms with Crippen LogP contribution >= 0.6 is 12.4 Å². The van der Waals surface area contributed by atoms with Crippen molar-refractivity contribution in [2.24, 2.45) is 5.73 Å². The van der Waals surface area contributed by atoms with Gasteiger partial charge in [-0.1, -0.05) is 24.3 Å². The van der Waals surface area contributed by atoms with E-state index in [1.54, 1.807) is 13.0 Å². The Morgan fingerprint density at radius 1 is 0.780 bits per heavy atom. The number of nitrogens with two attached hydrogens (primary N) is 1. The highest BCUT2D eigenvalue weighted by Crippen LogP contribution is 2.48. The zero-order chi connectivity index (χ0) is 37.6. The number of aliphatic carboxylic acids is 1. The van der Waals surface area contributed by atoms with Crippen LogP contribution in [0.25, 0.3) is 0 Å². The van der Waals surface area contributed by atoms with Crippen molar-refractivity contribution in [3.63, 3.8) is 0 Å². The maximum atomic E-state index is 12.8. The summed E-state index contributed by atoms with van der Waals surface area (Å²) in [6, 6.07) is 9.69. The highest BCUT2D eigenvalue weighted by atomic mass is 35.5. The molecule has 1 amide bonds. The number of rotatable bonds is 9. The van der Waals surface area contributed by atoms with Gasteiger partial charge in [0.25, 0.3) is 11.8 Å². The lowest BCUT2D eigenvalue weighted by atomic mass is 9.74. The van der Waals surface area contributed by atoms with Crippen LogP contribution in [0.15, 0.2) is 48.5 Å². The van der Waals surface area contributed by atoms with Crippen LogP contribution < -0.4 is 20.5 Å². The number of hydrogen-bond donors (Lipinski definition) is 5. The van der Waals surface area contributed by atoms with Gasteiger partial charge in [-0.05, 0) is 49.2 Å². The Labute approximate surface area is 285 Å². The summed E-state index contributed by atoms with van der Waals surface area (Å²) in [6.45, 7) is 3.21. The van der Waals surface area contributed by atoms with Gasteiger partial charge in [-0.2, -0.15) is 0 Å². The van der Waals surface area contributed by atoms with E-state index in [1.165, 1.54) is 37.3 Å². The minimum atomic E-state index is -4.83. The first-order valence-corrected chi connectivity index (χ1v) is 14.3. The molecule has 0 radical (unpaired) electrons. The first-order valence-electron chi connectivity index (χ1n) is 14.3. The molecular formula is C30H35ClF10N2O7. The smallest absolute Gasteiger partial charge is 0.481 e. The summed E-state index contributed by atoms with van der Waals surface area (Å²) in [7, 11) is 0. The molecule has 50 heavy (non-hydrogen) atoms. The summed E-state index contributed by atoms with van der Waals surface area (Å²) in [4.78, 5) is 21.8. The number of carboxylic acids is 1. The van der Waals surface area contributed by atoms with Crippen LogP contribution in [-0.4, -0.2) is 63.0 Å². The van der Waals surface area contributed by atoms with Crippen molar-refractivity contribution in [2.45, 2.75) is 100 Å². The summed E-state index contributed by atoms with van der Waals surface area (Å²) < 4.78 is 129. The molecular weight excluding hydrogens is 726 g/mol. The average molecular weight is 761 g/mol. The summed E-state index contributed by atoms with van der Waals surface area (Å²) in [5.41, 5.74) is 3.04. The number of ether oxygens (including phenoxy) is 2. The number of amides is 1. The van der Waals surface area contributed by atoms with Crippen molar-refractivity contribution in [1.29, 1.82) is 0 Å². The molecule has 20 heteroatoms. The van der Waals surface area contributed by atoms with E-state index < -0.39 is 98.0 Å². The third-order valence-corrected chi connectivity index (χ3v) is 6.91. The van der Waals surface area contributed by atoms with Gasteiger partial charge < -0.3 is 35.8 Å². The molecule has 2 aromatic carbocycles. The van der Waals surface area contributed by atoms with Crippen LogP contribution in [0.4, 0.5) is 43.9 Å². The fourth-order valence-corrected chi connectivity index (χ4v) is 5.00. The maximum Gasteiger partial charge on any atom is 0.573 e. The van der Waals surface area contributed by atoms with Gasteiger partial charge in [0.05, 0.1) is 30.1 Å². The number of benzene rings is 2. The van der Waals surface area contributed by atoms with Gasteiger partial charge in [0.2, 0.25) is 5.91 Å². The Morgan fingerprint density at radius 3 is 1.52 bits per heavy atom. The van der Waals surface area contributed by atoms with E-state index in [0.717, 1.165) is 12.1 Å². The number of carboxylic acid groups (broad SMARTS) is 1. The molecule has 2 aliphatic rings. The van der Waals surface area contributed by atoms with Gasteiger partial charge in [-0.15, -0.1) is 38.7 Å². The largest absolute Gasteiger partial charge is 0.573 e. The maximum absolute atomic E-state index is 12.8.